The van der Waals surface area contributed by atoms with Crippen LogP contribution in [0.2, 0.25) is 0 Å². The Kier molecular flexibility index (Phi) is 3.76. The number of hydrogen-bond acceptors (Lipinski definition) is 1. The van der Waals surface area contributed by atoms with Crippen molar-refractivity contribution < 1.29 is 14.3 Å². The first kappa shape index (κ1) is 13.0. The number of aliphatic carboxylic acids is 1. The third-order valence-electron chi connectivity index (χ3n) is 2.81. The summed E-state index contributed by atoms with van der Waals surface area (Å²) >= 11 is 0. The maximum atomic E-state index is 12.8. The Hall–Kier alpha value is -2.42. The van der Waals surface area contributed by atoms with Crippen molar-refractivity contribution in [2.45, 2.75) is 6.92 Å². The van der Waals surface area contributed by atoms with Crippen LogP contribution >= 0.6 is 0 Å². The normalized spacial score (nSPS) is 11.4. The molecule has 0 atom stereocenters. The minimum atomic E-state index is -0.928. The Morgan fingerprint density at radius 3 is 1.95 bits per heavy atom. The van der Waals surface area contributed by atoms with Crippen LogP contribution in [0.3, 0.4) is 0 Å². The molecule has 2 rings (SSSR count). The third kappa shape index (κ3) is 3.28. The third-order valence-corrected chi connectivity index (χ3v) is 2.81. The largest absolute Gasteiger partial charge is 0.478 e. The summed E-state index contributed by atoms with van der Waals surface area (Å²) in [5, 5.41) is 8.80. The Morgan fingerprint density at radius 1 is 1.00 bits per heavy atom. The number of hydrogen-bond donors (Lipinski definition) is 1. The maximum Gasteiger partial charge on any atom is 0.331 e. The minimum absolute atomic E-state index is 0.264. The number of carboxylic acids is 1. The van der Waals surface area contributed by atoms with Gasteiger partial charge in [-0.25, -0.2) is 9.18 Å². The molecule has 0 saturated carbocycles. The zero-order valence-corrected chi connectivity index (χ0v) is 10.4. The predicted molar refractivity (Wildman–Crippen MR) is 73.1 cm³/mol. The van der Waals surface area contributed by atoms with E-state index in [-0.39, 0.29) is 11.4 Å². The second-order valence-corrected chi connectivity index (χ2v) is 4.26. The van der Waals surface area contributed by atoms with E-state index >= 15 is 0 Å². The number of carbonyl (C=O) groups is 1. The maximum absolute atomic E-state index is 12.8. The van der Waals surface area contributed by atoms with E-state index in [0.717, 1.165) is 16.7 Å². The topological polar surface area (TPSA) is 37.3 Å². The molecule has 96 valence electrons. The van der Waals surface area contributed by atoms with Crippen LogP contribution in [-0.4, -0.2) is 11.1 Å². The Balaban J connectivity index is 2.26. The van der Waals surface area contributed by atoms with Gasteiger partial charge in [0.15, 0.2) is 0 Å². The van der Waals surface area contributed by atoms with Gasteiger partial charge < -0.3 is 5.11 Å². The van der Waals surface area contributed by atoms with Gasteiger partial charge in [0, 0.05) is 5.57 Å². The highest BCUT2D eigenvalue weighted by Crippen LogP contribution is 2.20. The van der Waals surface area contributed by atoms with Crippen molar-refractivity contribution in [2.24, 2.45) is 0 Å². The second kappa shape index (κ2) is 5.48. The summed E-state index contributed by atoms with van der Waals surface area (Å²) in [6, 6.07) is 13.7. The van der Waals surface area contributed by atoms with Gasteiger partial charge in [0.1, 0.15) is 5.82 Å². The van der Waals surface area contributed by atoms with Gasteiger partial charge in [0.2, 0.25) is 0 Å². The molecule has 0 aliphatic rings. The highest BCUT2D eigenvalue weighted by atomic mass is 19.1. The molecule has 0 bridgehead atoms. The van der Waals surface area contributed by atoms with E-state index in [1.807, 2.05) is 24.3 Å². The molecule has 2 aromatic carbocycles. The summed E-state index contributed by atoms with van der Waals surface area (Å²) in [6.45, 7) is 1.55. The van der Waals surface area contributed by atoms with Crippen LogP contribution < -0.4 is 0 Å². The standard InChI is InChI=1S/C16H13FO2/c1-11(16(18)19)10-12-2-4-13(5-3-12)14-6-8-15(17)9-7-14/h2-10H,1H3,(H,18,19)/b11-10+. The molecular formula is C16H13FO2. The molecule has 0 unspecified atom stereocenters. The molecule has 0 aliphatic carbocycles. The molecular weight excluding hydrogens is 243 g/mol. The summed E-state index contributed by atoms with van der Waals surface area (Å²) in [5.74, 6) is -1.19. The molecule has 1 N–H and O–H groups in total. The van der Waals surface area contributed by atoms with Crippen molar-refractivity contribution in [3.8, 4) is 11.1 Å². The minimum Gasteiger partial charge on any atom is -0.478 e. The Morgan fingerprint density at radius 2 is 1.47 bits per heavy atom. The van der Waals surface area contributed by atoms with Gasteiger partial charge in [-0.05, 0) is 41.8 Å². The van der Waals surface area contributed by atoms with E-state index in [1.165, 1.54) is 12.1 Å². The van der Waals surface area contributed by atoms with E-state index in [4.69, 9.17) is 5.11 Å². The molecule has 2 nitrogen and oxygen atoms in total. The average Bonchev–Trinajstić information content (AvgIpc) is 2.40. The number of halogens is 1. The Labute approximate surface area is 110 Å². The summed E-state index contributed by atoms with van der Waals surface area (Å²) < 4.78 is 12.8. The summed E-state index contributed by atoms with van der Waals surface area (Å²) in [5.41, 5.74) is 3.00. The van der Waals surface area contributed by atoms with Crippen molar-refractivity contribution in [3.63, 3.8) is 0 Å². The lowest BCUT2D eigenvalue weighted by molar-refractivity contribution is -0.132. The van der Waals surface area contributed by atoms with Crippen molar-refractivity contribution in [1.82, 2.24) is 0 Å². The molecule has 0 aliphatic heterocycles. The van der Waals surface area contributed by atoms with E-state index in [0.29, 0.717) is 0 Å². The first-order chi connectivity index (χ1) is 9.06. The van der Waals surface area contributed by atoms with Gasteiger partial charge in [0.25, 0.3) is 0 Å². The zero-order chi connectivity index (χ0) is 13.8. The molecule has 19 heavy (non-hydrogen) atoms. The smallest absolute Gasteiger partial charge is 0.331 e. The van der Waals surface area contributed by atoms with Gasteiger partial charge in [0.05, 0.1) is 0 Å². The first-order valence-electron chi connectivity index (χ1n) is 5.84. The fourth-order valence-electron chi connectivity index (χ4n) is 1.73. The van der Waals surface area contributed by atoms with Crippen LogP contribution in [0.4, 0.5) is 4.39 Å². The zero-order valence-electron chi connectivity index (χ0n) is 10.4. The molecule has 2 aromatic rings. The van der Waals surface area contributed by atoms with Crippen molar-refractivity contribution in [3.05, 3.63) is 65.5 Å². The lowest BCUT2D eigenvalue weighted by Crippen LogP contribution is -1.95. The molecule has 0 heterocycles. The van der Waals surface area contributed by atoms with Crippen LogP contribution in [0.15, 0.2) is 54.1 Å². The van der Waals surface area contributed by atoms with Crippen molar-refractivity contribution in [2.75, 3.05) is 0 Å². The van der Waals surface area contributed by atoms with Gasteiger partial charge in [-0.1, -0.05) is 36.4 Å². The van der Waals surface area contributed by atoms with E-state index < -0.39 is 5.97 Å². The van der Waals surface area contributed by atoms with Gasteiger partial charge in [-0.2, -0.15) is 0 Å². The van der Waals surface area contributed by atoms with Gasteiger partial charge >= 0.3 is 5.97 Å². The van der Waals surface area contributed by atoms with E-state index in [9.17, 15) is 9.18 Å². The number of carboxylic acid groups (broad SMARTS) is 1. The van der Waals surface area contributed by atoms with Crippen LogP contribution in [0.1, 0.15) is 12.5 Å². The van der Waals surface area contributed by atoms with Crippen LogP contribution in [0.25, 0.3) is 17.2 Å². The molecule has 0 radical (unpaired) electrons. The highest BCUT2D eigenvalue weighted by molar-refractivity contribution is 5.91. The summed E-state index contributed by atoms with van der Waals surface area (Å²) in [6.07, 6.45) is 1.61. The quantitative estimate of drug-likeness (QED) is 0.843. The molecule has 0 fully saturated rings. The number of benzene rings is 2. The lowest BCUT2D eigenvalue weighted by atomic mass is 10.0. The van der Waals surface area contributed by atoms with Crippen molar-refractivity contribution in [1.29, 1.82) is 0 Å². The van der Waals surface area contributed by atoms with E-state index in [2.05, 4.69) is 0 Å². The lowest BCUT2D eigenvalue weighted by Gasteiger charge is -2.02. The van der Waals surface area contributed by atoms with Gasteiger partial charge in [-0.15, -0.1) is 0 Å². The summed E-state index contributed by atoms with van der Waals surface area (Å²) in [7, 11) is 0. The van der Waals surface area contributed by atoms with Crippen LogP contribution in [0.5, 0.6) is 0 Å². The monoisotopic (exact) mass is 256 g/mol. The van der Waals surface area contributed by atoms with E-state index in [1.54, 1.807) is 25.1 Å². The summed E-state index contributed by atoms with van der Waals surface area (Å²) in [4.78, 5) is 10.7. The number of rotatable bonds is 3. The van der Waals surface area contributed by atoms with Crippen LogP contribution in [0, 0.1) is 5.82 Å². The molecule has 3 heteroatoms. The fraction of sp³-hybridized carbons (Fsp3) is 0.0625. The van der Waals surface area contributed by atoms with Crippen LogP contribution in [-0.2, 0) is 4.79 Å². The average molecular weight is 256 g/mol. The van der Waals surface area contributed by atoms with Crippen molar-refractivity contribution >= 4 is 12.0 Å². The molecule has 0 amide bonds. The highest BCUT2D eigenvalue weighted by Gasteiger charge is 2.01. The predicted octanol–water partition coefficient (Wildman–Crippen LogP) is 3.98. The Bertz CT molecular complexity index is 610. The molecule has 0 aromatic heterocycles. The second-order valence-electron chi connectivity index (χ2n) is 4.26. The SMILES string of the molecule is C/C(=C\c1ccc(-c2ccc(F)cc2)cc1)C(=O)O. The first-order valence-corrected chi connectivity index (χ1v) is 5.84. The fourth-order valence-corrected chi connectivity index (χ4v) is 1.73. The molecule has 0 spiro atoms. The van der Waals surface area contributed by atoms with Gasteiger partial charge in [-0.3, -0.25) is 0 Å². The molecule has 0 saturated heterocycles.